The molecule has 1 aromatic carbocycles. The van der Waals surface area contributed by atoms with Crippen LogP contribution in [0.4, 0.5) is 5.69 Å². The predicted molar refractivity (Wildman–Crippen MR) is 57.9 cm³/mol. The number of oxime groups is 1. The van der Waals surface area contributed by atoms with E-state index in [2.05, 4.69) is 10.5 Å². The van der Waals surface area contributed by atoms with Crippen LogP contribution < -0.4 is 5.32 Å². The number of rotatable bonds is 3. The molecule has 0 saturated heterocycles. The normalized spacial score (nSPS) is 18.6. The first-order chi connectivity index (χ1) is 7.70. The van der Waals surface area contributed by atoms with Gasteiger partial charge in [-0.15, -0.1) is 0 Å². The van der Waals surface area contributed by atoms with Crippen molar-refractivity contribution in [2.24, 2.45) is 5.16 Å². The second-order valence-corrected chi connectivity index (χ2v) is 3.39. The highest BCUT2D eigenvalue weighted by Gasteiger charge is 2.19. The molecule has 1 aliphatic rings. The standard InChI is InChI=1S/C10H11N3O3/c1-2-9-11-10(12-16-9)7-4-3-5-8(6-7)13(14)15/h3-6,9H,2H2,1H3,(H,11,12). The van der Waals surface area contributed by atoms with Gasteiger partial charge in [0, 0.05) is 24.1 Å². The Morgan fingerprint density at radius 3 is 3.06 bits per heavy atom. The average Bonchev–Trinajstić information content (AvgIpc) is 2.77. The number of nitro groups is 1. The maximum Gasteiger partial charge on any atom is 0.270 e. The summed E-state index contributed by atoms with van der Waals surface area (Å²) < 4.78 is 0. The van der Waals surface area contributed by atoms with Gasteiger partial charge in [0.1, 0.15) is 0 Å². The van der Waals surface area contributed by atoms with E-state index in [1.54, 1.807) is 12.1 Å². The molecule has 1 heterocycles. The molecule has 6 heteroatoms. The molecule has 1 aliphatic heterocycles. The molecular formula is C10H11N3O3. The van der Waals surface area contributed by atoms with E-state index >= 15 is 0 Å². The summed E-state index contributed by atoms with van der Waals surface area (Å²) in [7, 11) is 0. The summed E-state index contributed by atoms with van der Waals surface area (Å²) in [5.74, 6) is 0.538. The summed E-state index contributed by atoms with van der Waals surface area (Å²) in [5, 5.41) is 17.5. The van der Waals surface area contributed by atoms with Gasteiger partial charge in [-0.05, 0) is 0 Å². The Balaban J connectivity index is 2.22. The van der Waals surface area contributed by atoms with E-state index in [0.29, 0.717) is 11.4 Å². The van der Waals surface area contributed by atoms with Crippen LogP contribution in [0.5, 0.6) is 0 Å². The molecule has 0 bridgehead atoms. The van der Waals surface area contributed by atoms with Crippen molar-refractivity contribution in [2.75, 3.05) is 0 Å². The van der Waals surface area contributed by atoms with E-state index in [-0.39, 0.29) is 11.9 Å². The smallest absolute Gasteiger partial charge is 0.270 e. The quantitative estimate of drug-likeness (QED) is 0.621. The largest absolute Gasteiger partial charge is 0.369 e. The molecule has 1 atom stereocenters. The lowest BCUT2D eigenvalue weighted by Crippen LogP contribution is -2.29. The first-order valence-corrected chi connectivity index (χ1v) is 4.96. The zero-order valence-corrected chi connectivity index (χ0v) is 8.71. The van der Waals surface area contributed by atoms with Crippen LogP contribution >= 0.6 is 0 Å². The minimum Gasteiger partial charge on any atom is -0.369 e. The van der Waals surface area contributed by atoms with Crippen LogP contribution in [-0.2, 0) is 4.84 Å². The summed E-state index contributed by atoms with van der Waals surface area (Å²) in [4.78, 5) is 15.2. The minimum absolute atomic E-state index is 0.0435. The molecule has 0 aromatic heterocycles. The SMILES string of the molecule is CCC1NC(c2cccc([N+](=O)[O-])c2)=NO1. The summed E-state index contributed by atoms with van der Waals surface area (Å²) in [6, 6.07) is 6.28. The van der Waals surface area contributed by atoms with Crippen LogP contribution in [0.15, 0.2) is 29.4 Å². The van der Waals surface area contributed by atoms with Gasteiger partial charge >= 0.3 is 0 Å². The summed E-state index contributed by atoms with van der Waals surface area (Å²) in [6.45, 7) is 1.96. The maximum atomic E-state index is 10.6. The van der Waals surface area contributed by atoms with Gasteiger partial charge in [-0.2, -0.15) is 0 Å². The van der Waals surface area contributed by atoms with Gasteiger partial charge < -0.3 is 10.2 Å². The van der Waals surface area contributed by atoms with Crippen molar-refractivity contribution in [1.29, 1.82) is 0 Å². The van der Waals surface area contributed by atoms with Crippen molar-refractivity contribution in [3.05, 3.63) is 39.9 Å². The lowest BCUT2D eigenvalue weighted by molar-refractivity contribution is -0.384. The third-order valence-electron chi connectivity index (χ3n) is 2.27. The second kappa shape index (κ2) is 4.18. The van der Waals surface area contributed by atoms with E-state index in [4.69, 9.17) is 4.84 Å². The summed E-state index contributed by atoms with van der Waals surface area (Å²) in [5.41, 5.74) is 0.701. The maximum absolute atomic E-state index is 10.6. The van der Waals surface area contributed by atoms with Crippen LogP contribution in [0, 0.1) is 10.1 Å². The second-order valence-electron chi connectivity index (χ2n) is 3.39. The Morgan fingerprint density at radius 2 is 2.44 bits per heavy atom. The van der Waals surface area contributed by atoms with Crippen LogP contribution in [0.25, 0.3) is 0 Å². The molecule has 84 valence electrons. The third-order valence-corrected chi connectivity index (χ3v) is 2.27. The van der Waals surface area contributed by atoms with Gasteiger partial charge in [-0.1, -0.05) is 24.2 Å². The molecule has 0 spiro atoms. The summed E-state index contributed by atoms with van der Waals surface area (Å²) >= 11 is 0. The highest BCUT2D eigenvalue weighted by atomic mass is 16.7. The Kier molecular flexibility index (Phi) is 2.72. The molecule has 0 saturated carbocycles. The third kappa shape index (κ3) is 1.95. The highest BCUT2D eigenvalue weighted by molar-refractivity contribution is 5.99. The van der Waals surface area contributed by atoms with E-state index in [9.17, 15) is 10.1 Å². The number of hydrogen-bond acceptors (Lipinski definition) is 5. The van der Waals surface area contributed by atoms with E-state index < -0.39 is 4.92 Å². The fourth-order valence-electron chi connectivity index (χ4n) is 1.40. The zero-order chi connectivity index (χ0) is 11.5. The van der Waals surface area contributed by atoms with Crippen LogP contribution in [0.1, 0.15) is 18.9 Å². The number of benzene rings is 1. The van der Waals surface area contributed by atoms with Crippen LogP contribution in [0.3, 0.4) is 0 Å². The van der Waals surface area contributed by atoms with E-state index in [1.807, 2.05) is 6.92 Å². The molecule has 0 fully saturated rings. The van der Waals surface area contributed by atoms with E-state index in [1.165, 1.54) is 12.1 Å². The molecule has 1 unspecified atom stereocenters. The minimum atomic E-state index is -0.433. The summed E-state index contributed by atoms with van der Waals surface area (Å²) in [6.07, 6.45) is 0.635. The van der Waals surface area contributed by atoms with Crippen molar-refractivity contribution in [1.82, 2.24) is 5.32 Å². The lowest BCUT2D eigenvalue weighted by atomic mass is 10.2. The molecule has 0 aliphatic carbocycles. The first-order valence-electron chi connectivity index (χ1n) is 4.96. The molecule has 0 amide bonds. The Labute approximate surface area is 92.1 Å². The van der Waals surface area contributed by atoms with Crippen molar-refractivity contribution in [2.45, 2.75) is 19.6 Å². The topological polar surface area (TPSA) is 76.8 Å². The van der Waals surface area contributed by atoms with Crippen LogP contribution in [0.2, 0.25) is 0 Å². The van der Waals surface area contributed by atoms with Crippen molar-refractivity contribution >= 4 is 11.5 Å². The Bertz CT molecular complexity index is 445. The Hall–Kier alpha value is -2.11. The Morgan fingerprint density at radius 1 is 1.62 bits per heavy atom. The molecular weight excluding hydrogens is 210 g/mol. The number of hydrogen-bond donors (Lipinski definition) is 1. The molecule has 16 heavy (non-hydrogen) atoms. The molecule has 6 nitrogen and oxygen atoms in total. The van der Waals surface area contributed by atoms with Gasteiger partial charge in [0.15, 0.2) is 12.1 Å². The lowest BCUT2D eigenvalue weighted by Gasteiger charge is -2.05. The van der Waals surface area contributed by atoms with Gasteiger partial charge in [0.2, 0.25) is 0 Å². The monoisotopic (exact) mass is 221 g/mol. The zero-order valence-electron chi connectivity index (χ0n) is 8.71. The number of amidine groups is 1. The fraction of sp³-hybridized carbons (Fsp3) is 0.300. The molecule has 0 radical (unpaired) electrons. The molecule has 1 N–H and O–H groups in total. The number of nitrogens with one attached hydrogen (secondary N) is 1. The van der Waals surface area contributed by atoms with Crippen molar-refractivity contribution in [3.63, 3.8) is 0 Å². The van der Waals surface area contributed by atoms with Crippen molar-refractivity contribution in [3.8, 4) is 0 Å². The van der Waals surface area contributed by atoms with Crippen molar-refractivity contribution < 1.29 is 9.76 Å². The highest BCUT2D eigenvalue weighted by Crippen LogP contribution is 2.15. The average molecular weight is 221 g/mol. The van der Waals surface area contributed by atoms with E-state index in [0.717, 1.165) is 6.42 Å². The van der Waals surface area contributed by atoms with Gasteiger partial charge in [-0.25, -0.2) is 0 Å². The fourth-order valence-corrected chi connectivity index (χ4v) is 1.40. The number of nitrogens with zero attached hydrogens (tertiary/aromatic N) is 2. The van der Waals surface area contributed by atoms with Crippen LogP contribution in [-0.4, -0.2) is 17.0 Å². The number of non-ortho nitro benzene ring substituents is 1. The molecule has 1 aromatic rings. The van der Waals surface area contributed by atoms with Gasteiger partial charge in [-0.3, -0.25) is 10.1 Å². The van der Waals surface area contributed by atoms with Gasteiger partial charge in [0.05, 0.1) is 4.92 Å². The first kappa shape index (κ1) is 10.4. The van der Waals surface area contributed by atoms with Gasteiger partial charge in [0.25, 0.3) is 5.69 Å². The predicted octanol–water partition coefficient (Wildman–Crippen LogP) is 1.61. The molecule has 2 rings (SSSR count). The number of nitro benzene ring substituents is 1.